The van der Waals surface area contributed by atoms with Crippen LogP contribution < -0.4 is 0 Å². The molecule has 27 heavy (non-hydrogen) atoms. The molecule has 0 bridgehead atoms. The molecule has 146 valence electrons. The van der Waals surface area contributed by atoms with Crippen molar-refractivity contribution in [2.24, 2.45) is 0 Å². The van der Waals surface area contributed by atoms with Gasteiger partial charge in [0.2, 0.25) is 10.0 Å². The summed E-state index contributed by atoms with van der Waals surface area (Å²) in [6.45, 7) is 2.61. The van der Waals surface area contributed by atoms with Gasteiger partial charge in [-0.05, 0) is 42.7 Å². The van der Waals surface area contributed by atoms with Gasteiger partial charge in [0.25, 0.3) is 5.69 Å². The number of sulfonamides is 1. The molecule has 0 aliphatic rings. The largest absolute Gasteiger partial charge is 0.416 e. The quantitative estimate of drug-likeness (QED) is 0.558. The van der Waals surface area contributed by atoms with E-state index in [2.05, 4.69) is 0 Å². The predicted molar refractivity (Wildman–Crippen MR) is 92.7 cm³/mol. The second-order valence-corrected chi connectivity index (χ2v) is 8.09. The average molecular weight is 402 g/mol. The maximum Gasteiger partial charge on any atom is 0.416 e. The first kappa shape index (κ1) is 20.8. The Balaban J connectivity index is 2.51. The van der Waals surface area contributed by atoms with Gasteiger partial charge in [0.15, 0.2) is 4.90 Å². The van der Waals surface area contributed by atoms with Gasteiger partial charge < -0.3 is 0 Å². The number of hydrogen-bond donors (Lipinski definition) is 0. The van der Waals surface area contributed by atoms with Crippen LogP contribution in [0.15, 0.2) is 41.3 Å². The number of nitro benzene ring substituents is 1. The highest BCUT2D eigenvalue weighted by atomic mass is 32.2. The van der Waals surface area contributed by atoms with Crippen LogP contribution in [0.1, 0.15) is 22.3 Å². The Morgan fingerprint density at radius 3 is 2.22 bits per heavy atom. The fourth-order valence-electron chi connectivity index (χ4n) is 2.55. The van der Waals surface area contributed by atoms with Crippen LogP contribution in [0.25, 0.3) is 0 Å². The number of nitro groups is 1. The number of rotatable bonds is 5. The summed E-state index contributed by atoms with van der Waals surface area (Å²) >= 11 is 0. The second kappa shape index (κ2) is 7.28. The second-order valence-electron chi connectivity index (χ2n) is 6.08. The van der Waals surface area contributed by atoms with Crippen LogP contribution in [0.4, 0.5) is 18.9 Å². The van der Waals surface area contributed by atoms with Crippen LogP contribution in [-0.4, -0.2) is 24.7 Å². The van der Waals surface area contributed by atoms with Gasteiger partial charge in [0, 0.05) is 19.7 Å². The van der Waals surface area contributed by atoms with Gasteiger partial charge in [-0.3, -0.25) is 10.1 Å². The molecular formula is C17H17F3N2O4S. The predicted octanol–water partition coefficient (Wildman–Crippen LogP) is 4.05. The van der Waals surface area contributed by atoms with E-state index in [1.165, 1.54) is 18.2 Å². The molecular weight excluding hydrogens is 385 g/mol. The molecule has 0 amide bonds. The average Bonchev–Trinajstić information content (AvgIpc) is 2.56. The van der Waals surface area contributed by atoms with Gasteiger partial charge in [0.05, 0.1) is 10.5 Å². The van der Waals surface area contributed by atoms with Crippen LogP contribution in [0.3, 0.4) is 0 Å². The molecule has 0 aliphatic heterocycles. The van der Waals surface area contributed by atoms with E-state index < -0.39 is 43.8 Å². The first-order chi connectivity index (χ1) is 12.4. The van der Waals surface area contributed by atoms with Crippen LogP contribution >= 0.6 is 0 Å². The third kappa shape index (κ3) is 4.28. The first-order valence-corrected chi connectivity index (χ1v) is 9.16. The molecule has 0 saturated carbocycles. The fourth-order valence-corrected chi connectivity index (χ4v) is 3.92. The maximum absolute atomic E-state index is 13.1. The highest BCUT2D eigenvalue weighted by Gasteiger charge is 2.35. The minimum Gasteiger partial charge on any atom is -0.258 e. The maximum atomic E-state index is 13.1. The zero-order chi connectivity index (χ0) is 20.6. The van der Waals surface area contributed by atoms with Gasteiger partial charge in [0.1, 0.15) is 0 Å². The fraction of sp³-hybridized carbons (Fsp3) is 0.294. The molecule has 0 aliphatic carbocycles. The van der Waals surface area contributed by atoms with Crippen LogP contribution in [0.5, 0.6) is 0 Å². The molecule has 0 unspecified atom stereocenters. The van der Waals surface area contributed by atoms with Gasteiger partial charge in [-0.1, -0.05) is 18.2 Å². The Hall–Kier alpha value is -2.46. The van der Waals surface area contributed by atoms with Gasteiger partial charge >= 0.3 is 6.18 Å². The topological polar surface area (TPSA) is 80.5 Å². The molecule has 0 atom stereocenters. The molecule has 0 aromatic heterocycles. The van der Waals surface area contributed by atoms with E-state index in [4.69, 9.17) is 0 Å². The molecule has 0 spiro atoms. The number of benzene rings is 2. The Kier molecular flexibility index (Phi) is 5.62. The minimum atomic E-state index is -4.65. The van der Waals surface area contributed by atoms with Gasteiger partial charge in [-0.25, -0.2) is 8.42 Å². The normalized spacial score (nSPS) is 12.4. The molecule has 2 aromatic carbocycles. The molecule has 0 radical (unpaired) electrons. The van der Waals surface area contributed by atoms with Crippen molar-refractivity contribution in [1.82, 2.24) is 4.31 Å². The highest BCUT2D eigenvalue weighted by Crippen LogP contribution is 2.34. The summed E-state index contributed by atoms with van der Waals surface area (Å²) in [5.41, 5.74) is -0.771. The first-order valence-electron chi connectivity index (χ1n) is 7.72. The Morgan fingerprint density at radius 1 is 1.11 bits per heavy atom. The van der Waals surface area contributed by atoms with Crippen molar-refractivity contribution in [3.63, 3.8) is 0 Å². The van der Waals surface area contributed by atoms with Crippen molar-refractivity contribution in [1.29, 1.82) is 0 Å². The van der Waals surface area contributed by atoms with Crippen molar-refractivity contribution in [2.45, 2.75) is 31.5 Å². The number of nitrogens with zero attached hydrogens (tertiary/aromatic N) is 2. The third-order valence-electron chi connectivity index (χ3n) is 4.18. The standard InChI is InChI=1S/C17H17F3N2O4S/c1-11-8-15(22(23)24)16(9-12(11)2)27(25,26)21(3)10-13-6-4-5-7-14(13)17(18,19)20/h4-9H,10H2,1-3H3. The lowest BCUT2D eigenvalue weighted by molar-refractivity contribution is -0.387. The van der Waals surface area contributed by atoms with Crippen LogP contribution in [-0.2, 0) is 22.7 Å². The van der Waals surface area contributed by atoms with E-state index in [0.717, 1.165) is 25.2 Å². The molecule has 0 N–H and O–H groups in total. The lowest BCUT2D eigenvalue weighted by Crippen LogP contribution is -2.28. The summed E-state index contributed by atoms with van der Waals surface area (Å²) in [5.74, 6) is 0. The van der Waals surface area contributed by atoms with Crippen LogP contribution in [0.2, 0.25) is 0 Å². The van der Waals surface area contributed by atoms with E-state index in [1.54, 1.807) is 13.8 Å². The monoisotopic (exact) mass is 402 g/mol. The Bertz CT molecular complexity index is 988. The summed E-state index contributed by atoms with van der Waals surface area (Å²) in [5, 5.41) is 11.3. The highest BCUT2D eigenvalue weighted by molar-refractivity contribution is 7.89. The lowest BCUT2D eigenvalue weighted by atomic mass is 10.1. The zero-order valence-corrected chi connectivity index (χ0v) is 15.6. The lowest BCUT2D eigenvalue weighted by Gasteiger charge is -2.20. The molecule has 2 rings (SSSR count). The molecule has 2 aromatic rings. The summed E-state index contributed by atoms with van der Waals surface area (Å²) in [7, 11) is -3.31. The molecule has 0 fully saturated rings. The number of aryl methyl sites for hydroxylation is 2. The summed E-state index contributed by atoms with van der Waals surface area (Å²) < 4.78 is 65.7. The van der Waals surface area contributed by atoms with E-state index in [-0.39, 0.29) is 5.56 Å². The van der Waals surface area contributed by atoms with Crippen molar-refractivity contribution >= 4 is 15.7 Å². The van der Waals surface area contributed by atoms with E-state index in [9.17, 15) is 31.7 Å². The summed E-state index contributed by atoms with van der Waals surface area (Å²) in [6, 6.07) is 6.89. The number of alkyl halides is 3. The summed E-state index contributed by atoms with van der Waals surface area (Å²) in [6.07, 6.45) is -4.65. The van der Waals surface area contributed by atoms with E-state index >= 15 is 0 Å². The smallest absolute Gasteiger partial charge is 0.258 e. The van der Waals surface area contributed by atoms with Gasteiger partial charge in [-0.2, -0.15) is 17.5 Å². The Morgan fingerprint density at radius 2 is 1.67 bits per heavy atom. The summed E-state index contributed by atoms with van der Waals surface area (Å²) in [4.78, 5) is 9.90. The van der Waals surface area contributed by atoms with E-state index in [1.807, 2.05) is 0 Å². The SMILES string of the molecule is Cc1cc([N+](=O)[O-])c(S(=O)(=O)N(C)Cc2ccccc2C(F)(F)F)cc1C. The van der Waals surface area contributed by atoms with Crippen molar-refractivity contribution < 1.29 is 26.5 Å². The van der Waals surface area contributed by atoms with Crippen molar-refractivity contribution in [3.8, 4) is 0 Å². The van der Waals surface area contributed by atoms with Crippen molar-refractivity contribution in [2.75, 3.05) is 7.05 Å². The molecule has 10 heteroatoms. The number of halogens is 3. The molecule has 0 heterocycles. The molecule has 0 saturated heterocycles. The van der Waals surface area contributed by atoms with Crippen LogP contribution in [0, 0.1) is 24.0 Å². The third-order valence-corrected chi connectivity index (χ3v) is 6.01. The minimum absolute atomic E-state index is 0.248. The van der Waals surface area contributed by atoms with Gasteiger partial charge in [-0.15, -0.1) is 0 Å². The van der Waals surface area contributed by atoms with E-state index in [0.29, 0.717) is 15.4 Å². The Labute approximate surface area is 154 Å². The molecule has 6 nitrogen and oxygen atoms in total. The number of hydrogen-bond acceptors (Lipinski definition) is 4. The van der Waals surface area contributed by atoms with Crippen molar-refractivity contribution in [3.05, 3.63) is 68.8 Å². The zero-order valence-electron chi connectivity index (χ0n) is 14.7.